The van der Waals surface area contributed by atoms with Gasteiger partial charge in [0.2, 0.25) is 0 Å². The maximum absolute atomic E-state index is 11.8. The first-order chi connectivity index (χ1) is 8.60. The molecular formula is C16H20O2. The summed E-state index contributed by atoms with van der Waals surface area (Å²) in [6.07, 6.45) is 5.10. The first kappa shape index (κ1) is 11.8. The number of aryl methyl sites for hydroxylation is 1. The molecule has 2 aliphatic rings. The Bertz CT molecular complexity index is 462. The lowest BCUT2D eigenvalue weighted by Gasteiger charge is -2.33. The molecule has 0 saturated heterocycles. The lowest BCUT2D eigenvalue weighted by atomic mass is 9.69. The number of hydrogen-bond acceptors (Lipinski definition) is 1. The van der Waals surface area contributed by atoms with Crippen LogP contribution < -0.4 is 0 Å². The number of aliphatic carboxylic acids is 1. The van der Waals surface area contributed by atoms with E-state index in [9.17, 15) is 9.90 Å². The summed E-state index contributed by atoms with van der Waals surface area (Å²) in [6.45, 7) is 2.06. The minimum Gasteiger partial charge on any atom is -0.481 e. The molecule has 2 aliphatic carbocycles. The van der Waals surface area contributed by atoms with Crippen LogP contribution in [0.3, 0.4) is 0 Å². The van der Waals surface area contributed by atoms with E-state index in [2.05, 4.69) is 31.2 Å². The second-order valence-corrected chi connectivity index (χ2v) is 6.20. The molecule has 0 aromatic heterocycles. The van der Waals surface area contributed by atoms with E-state index >= 15 is 0 Å². The molecule has 18 heavy (non-hydrogen) atoms. The molecule has 1 aromatic rings. The molecule has 2 saturated carbocycles. The topological polar surface area (TPSA) is 37.3 Å². The van der Waals surface area contributed by atoms with Gasteiger partial charge in [-0.25, -0.2) is 0 Å². The summed E-state index contributed by atoms with van der Waals surface area (Å²) in [5.41, 5.74) is 1.93. The van der Waals surface area contributed by atoms with Crippen LogP contribution in [0.5, 0.6) is 0 Å². The Morgan fingerprint density at radius 3 is 2.56 bits per heavy atom. The van der Waals surface area contributed by atoms with Crippen molar-refractivity contribution in [2.45, 2.75) is 39.0 Å². The Hall–Kier alpha value is -1.31. The third-order valence-corrected chi connectivity index (χ3v) is 5.04. The number of benzene rings is 1. The Morgan fingerprint density at radius 1 is 1.33 bits per heavy atom. The first-order valence-corrected chi connectivity index (χ1v) is 6.89. The molecular weight excluding hydrogens is 224 g/mol. The van der Waals surface area contributed by atoms with Crippen molar-refractivity contribution in [3.8, 4) is 0 Å². The maximum Gasteiger partial charge on any atom is 0.310 e. The van der Waals surface area contributed by atoms with Gasteiger partial charge in [-0.15, -0.1) is 0 Å². The number of hydrogen-bond donors (Lipinski definition) is 1. The van der Waals surface area contributed by atoms with Gasteiger partial charge in [0.25, 0.3) is 0 Å². The van der Waals surface area contributed by atoms with Gasteiger partial charge in [-0.1, -0.05) is 36.2 Å². The number of carbonyl (C=O) groups is 1. The van der Waals surface area contributed by atoms with E-state index in [1.807, 2.05) is 0 Å². The third-order valence-electron chi connectivity index (χ3n) is 5.04. The molecule has 2 heteroatoms. The van der Waals surface area contributed by atoms with E-state index in [0.29, 0.717) is 18.3 Å². The number of carboxylic acids is 1. The zero-order chi connectivity index (χ0) is 12.8. The van der Waals surface area contributed by atoms with Gasteiger partial charge >= 0.3 is 5.97 Å². The van der Waals surface area contributed by atoms with Crippen molar-refractivity contribution in [2.24, 2.45) is 17.3 Å². The SMILES string of the molecule is Cc1ccc(CC2(C(=O)O)CC3CCC2C3)cc1. The second kappa shape index (κ2) is 4.11. The van der Waals surface area contributed by atoms with Crippen molar-refractivity contribution >= 4 is 5.97 Å². The fraction of sp³-hybridized carbons (Fsp3) is 0.562. The molecule has 3 rings (SSSR count). The van der Waals surface area contributed by atoms with Gasteiger partial charge in [0, 0.05) is 0 Å². The lowest BCUT2D eigenvalue weighted by Crippen LogP contribution is -2.38. The van der Waals surface area contributed by atoms with E-state index in [4.69, 9.17) is 0 Å². The van der Waals surface area contributed by atoms with Crippen LogP contribution in [0.25, 0.3) is 0 Å². The zero-order valence-corrected chi connectivity index (χ0v) is 10.9. The minimum atomic E-state index is -0.574. The fourth-order valence-electron chi connectivity index (χ4n) is 4.07. The lowest BCUT2D eigenvalue weighted by molar-refractivity contribution is -0.152. The molecule has 3 atom stereocenters. The molecule has 0 aliphatic heterocycles. The molecule has 2 nitrogen and oxygen atoms in total. The summed E-state index contributed by atoms with van der Waals surface area (Å²) < 4.78 is 0. The summed E-state index contributed by atoms with van der Waals surface area (Å²) in [4.78, 5) is 11.8. The van der Waals surface area contributed by atoms with Crippen LogP contribution in [-0.2, 0) is 11.2 Å². The van der Waals surface area contributed by atoms with Gasteiger partial charge in [0.05, 0.1) is 5.41 Å². The molecule has 3 unspecified atom stereocenters. The van der Waals surface area contributed by atoms with E-state index in [0.717, 1.165) is 19.3 Å². The molecule has 2 bridgehead atoms. The van der Waals surface area contributed by atoms with Crippen LogP contribution in [-0.4, -0.2) is 11.1 Å². The van der Waals surface area contributed by atoms with Crippen molar-refractivity contribution in [1.29, 1.82) is 0 Å². The van der Waals surface area contributed by atoms with E-state index in [1.165, 1.54) is 17.5 Å². The normalized spacial score (nSPS) is 33.8. The van der Waals surface area contributed by atoms with Gasteiger partial charge in [0.15, 0.2) is 0 Å². The molecule has 1 N–H and O–H groups in total. The van der Waals surface area contributed by atoms with Crippen LogP contribution in [0.2, 0.25) is 0 Å². The summed E-state index contributed by atoms with van der Waals surface area (Å²) in [7, 11) is 0. The summed E-state index contributed by atoms with van der Waals surface area (Å²) in [5, 5.41) is 9.70. The Balaban J connectivity index is 1.88. The molecule has 2 fully saturated rings. The van der Waals surface area contributed by atoms with Crippen LogP contribution in [0.15, 0.2) is 24.3 Å². The predicted molar refractivity (Wildman–Crippen MR) is 70.4 cm³/mol. The van der Waals surface area contributed by atoms with E-state index in [1.54, 1.807) is 0 Å². The van der Waals surface area contributed by atoms with Gasteiger partial charge in [-0.05, 0) is 50.0 Å². The van der Waals surface area contributed by atoms with Gasteiger partial charge in [-0.3, -0.25) is 4.79 Å². The summed E-state index contributed by atoms with van der Waals surface area (Å²) >= 11 is 0. The van der Waals surface area contributed by atoms with Crippen LogP contribution in [0.1, 0.15) is 36.8 Å². The average molecular weight is 244 g/mol. The Labute approximate surface area is 108 Å². The highest BCUT2D eigenvalue weighted by Gasteiger charge is 2.55. The number of fused-ring (bicyclic) bond motifs is 2. The predicted octanol–water partition coefficient (Wildman–Crippen LogP) is 3.43. The monoisotopic (exact) mass is 244 g/mol. The van der Waals surface area contributed by atoms with E-state index in [-0.39, 0.29) is 0 Å². The van der Waals surface area contributed by atoms with Crippen molar-refractivity contribution in [3.05, 3.63) is 35.4 Å². The zero-order valence-electron chi connectivity index (χ0n) is 10.9. The standard InChI is InChI=1S/C16H20O2/c1-11-2-4-12(5-3-11)9-16(15(17)18)10-13-6-7-14(16)8-13/h2-5,13-14H,6-10H2,1H3,(H,17,18). The smallest absolute Gasteiger partial charge is 0.310 e. The van der Waals surface area contributed by atoms with E-state index < -0.39 is 11.4 Å². The largest absolute Gasteiger partial charge is 0.481 e. The second-order valence-electron chi connectivity index (χ2n) is 6.20. The third kappa shape index (κ3) is 1.75. The Kier molecular flexibility index (Phi) is 2.69. The highest BCUT2D eigenvalue weighted by atomic mass is 16.4. The maximum atomic E-state index is 11.8. The molecule has 0 amide bonds. The minimum absolute atomic E-state index is 0.404. The molecule has 0 radical (unpaired) electrons. The van der Waals surface area contributed by atoms with Crippen LogP contribution in [0, 0.1) is 24.2 Å². The molecule has 1 aromatic carbocycles. The van der Waals surface area contributed by atoms with Crippen LogP contribution >= 0.6 is 0 Å². The summed E-state index contributed by atoms with van der Waals surface area (Å²) in [6, 6.07) is 8.34. The van der Waals surface area contributed by atoms with Crippen molar-refractivity contribution in [1.82, 2.24) is 0 Å². The van der Waals surface area contributed by atoms with Crippen molar-refractivity contribution in [3.63, 3.8) is 0 Å². The van der Waals surface area contributed by atoms with Crippen molar-refractivity contribution < 1.29 is 9.90 Å². The van der Waals surface area contributed by atoms with Crippen molar-refractivity contribution in [2.75, 3.05) is 0 Å². The quantitative estimate of drug-likeness (QED) is 0.884. The molecule has 96 valence electrons. The first-order valence-electron chi connectivity index (χ1n) is 6.89. The molecule has 0 spiro atoms. The fourth-order valence-corrected chi connectivity index (χ4v) is 4.07. The van der Waals surface area contributed by atoms with Gasteiger partial charge < -0.3 is 5.11 Å². The van der Waals surface area contributed by atoms with Gasteiger partial charge in [-0.2, -0.15) is 0 Å². The number of rotatable bonds is 3. The van der Waals surface area contributed by atoms with Gasteiger partial charge in [0.1, 0.15) is 0 Å². The summed E-state index contributed by atoms with van der Waals surface area (Å²) in [5.74, 6) is 0.494. The Morgan fingerprint density at radius 2 is 2.06 bits per heavy atom. The number of carboxylic acid groups (broad SMARTS) is 1. The molecule has 0 heterocycles. The highest BCUT2D eigenvalue weighted by molar-refractivity contribution is 5.76. The average Bonchev–Trinajstić information content (AvgIpc) is 2.93. The van der Waals surface area contributed by atoms with Crippen LogP contribution in [0.4, 0.5) is 0 Å². The highest BCUT2D eigenvalue weighted by Crippen LogP contribution is 2.57.